The Morgan fingerprint density at radius 2 is 1.90 bits per heavy atom. The lowest BCUT2D eigenvalue weighted by atomic mass is 10.1. The second kappa shape index (κ2) is 7.79. The second-order valence-electron chi connectivity index (χ2n) is 5.15. The first-order valence-electron chi connectivity index (χ1n) is 7.31. The van der Waals surface area contributed by atoms with E-state index in [1.54, 1.807) is 13.2 Å². The van der Waals surface area contributed by atoms with Gasteiger partial charge in [-0.2, -0.15) is 0 Å². The van der Waals surface area contributed by atoms with Gasteiger partial charge in [-0.25, -0.2) is 4.39 Å². The van der Waals surface area contributed by atoms with Gasteiger partial charge in [0.2, 0.25) is 0 Å². The highest BCUT2D eigenvalue weighted by molar-refractivity contribution is 5.36. The Balaban J connectivity index is 1.84. The molecule has 112 valence electrons. The summed E-state index contributed by atoms with van der Waals surface area (Å²) in [5, 5.41) is 3.42. The van der Waals surface area contributed by atoms with Gasteiger partial charge in [0, 0.05) is 11.6 Å². The number of benzene rings is 2. The van der Waals surface area contributed by atoms with Crippen molar-refractivity contribution in [3.63, 3.8) is 0 Å². The quantitative estimate of drug-likeness (QED) is 0.774. The molecule has 0 bridgehead atoms. The normalized spacial score (nSPS) is 12.1. The second-order valence-corrected chi connectivity index (χ2v) is 5.15. The maximum absolute atomic E-state index is 13.4. The van der Waals surface area contributed by atoms with Crippen molar-refractivity contribution in [3.8, 4) is 5.75 Å². The first kappa shape index (κ1) is 15.5. The first-order chi connectivity index (χ1) is 10.2. The molecule has 0 amide bonds. The summed E-state index contributed by atoms with van der Waals surface area (Å²) in [6.07, 6.45) is 2.09. The molecule has 2 rings (SSSR count). The van der Waals surface area contributed by atoms with Crippen LogP contribution in [0.15, 0.2) is 48.5 Å². The van der Waals surface area contributed by atoms with Crippen molar-refractivity contribution < 1.29 is 9.13 Å². The Morgan fingerprint density at radius 1 is 1.14 bits per heavy atom. The fourth-order valence-corrected chi connectivity index (χ4v) is 2.41. The summed E-state index contributed by atoms with van der Waals surface area (Å²) >= 11 is 0. The lowest BCUT2D eigenvalue weighted by Crippen LogP contribution is -2.21. The molecule has 3 heteroatoms. The molecule has 2 aromatic carbocycles. The Hall–Kier alpha value is -1.87. The van der Waals surface area contributed by atoms with Crippen LogP contribution in [0.5, 0.6) is 5.75 Å². The summed E-state index contributed by atoms with van der Waals surface area (Å²) in [7, 11) is 1.61. The van der Waals surface area contributed by atoms with E-state index in [1.807, 2.05) is 13.0 Å². The molecule has 0 saturated carbocycles. The van der Waals surface area contributed by atoms with E-state index in [9.17, 15) is 4.39 Å². The molecule has 0 heterocycles. The van der Waals surface area contributed by atoms with Crippen LogP contribution in [0.2, 0.25) is 0 Å². The topological polar surface area (TPSA) is 21.3 Å². The van der Waals surface area contributed by atoms with Gasteiger partial charge in [-0.3, -0.25) is 0 Å². The Bertz CT molecular complexity index is 556. The van der Waals surface area contributed by atoms with Crippen LogP contribution in [0.1, 0.15) is 30.5 Å². The summed E-state index contributed by atoms with van der Waals surface area (Å²) in [6, 6.07) is 15.1. The van der Waals surface area contributed by atoms with Crippen molar-refractivity contribution in [1.82, 2.24) is 5.32 Å². The molecule has 1 unspecified atom stereocenters. The summed E-state index contributed by atoms with van der Waals surface area (Å²) in [5.41, 5.74) is 2.20. The monoisotopic (exact) mass is 287 g/mol. The predicted molar refractivity (Wildman–Crippen MR) is 84.1 cm³/mol. The fourth-order valence-electron chi connectivity index (χ4n) is 2.41. The van der Waals surface area contributed by atoms with E-state index in [0.717, 1.165) is 30.7 Å². The molecule has 0 aliphatic rings. The molecule has 1 N–H and O–H groups in total. The summed E-state index contributed by atoms with van der Waals surface area (Å²) in [5.74, 6) is 0.489. The van der Waals surface area contributed by atoms with E-state index >= 15 is 0 Å². The lowest BCUT2D eigenvalue weighted by Gasteiger charge is -2.17. The Kier molecular flexibility index (Phi) is 5.76. The zero-order valence-corrected chi connectivity index (χ0v) is 12.6. The van der Waals surface area contributed by atoms with Gasteiger partial charge in [0.25, 0.3) is 0 Å². The van der Waals surface area contributed by atoms with Gasteiger partial charge >= 0.3 is 0 Å². The van der Waals surface area contributed by atoms with Crippen molar-refractivity contribution in [2.24, 2.45) is 0 Å². The lowest BCUT2D eigenvalue weighted by molar-refractivity contribution is 0.399. The van der Waals surface area contributed by atoms with E-state index in [2.05, 4.69) is 29.6 Å². The van der Waals surface area contributed by atoms with Crippen molar-refractivity contribution in [1.29, 1.82) is 0 Å². The summed E-state index contributed by atoms with van der Waals surface area (Å²) in [4.78, 5) is 0. The molecule has 21 heavy (non-hydrogen) atoms. The number of rotatable bonds is 7. The summed E-state index contributed by atoms with van der Waals surface area (Å²) in [6.45, 7) is 2.91. The maximum atomic E-state index is 13.4. The van der Waals surface area contributed by atoms with Crippen molar-refractivity contribution in [2.75, 3.05) is 13.7 Å². The van der Waals surface area contributed by atoms with Gasteiger partial charge in [-0.1, -0.05) is 30.3 Å². The van der Waals surface area contributed by atoms with Crippen LogP contribution < -0.4 is 10.1 Å². The van der Waals surface area contributed by atoms with E-state index in [-0.39, 0.29) is 11.9 Å². The highest BCUT2D eigenvalue weighted by atomic mass is 19.1. The smallest absolute Gasteiger partial charge is 0.123 e. The number of hydrogen-bond donors (Lipinski definition) is 1. The highest BCUT2D eigenvalue weighted by Crippen LogP contribution is 2.25. The molecular formula is C18H22FNO. The van der Waals surface area contributed by atoms with Crippen LogP contribution in [0.25, 0.3) is 0 Å². The molecule has 0 spiro atoms. The SMILES string of the molecule is COc1ccc(F)cc1C(C)NCCCc1ccccc1. The molecule has 0 aromatic heterocycles. The first-order valence-corrected chi connectivity index (χ1v) is 7.31. The van der Waals surface area contributed by atoms with E-state index in [1.165, 1.54) is 17.7 Å². The third kappa shape index (κ3) is 4.57. The molecule has 0 aliphatic heterocycles. The average molecular weight is 287 g/mol. The number of halogens is 1. The van der Waals surface area contributed by atoms with Crippen LogP contribution in [0.3, 0.4) is 0 Å². The zero-order valence-electron chi connectivity index (χ0n) is 12.6. The minimum atomic E-state index is -0.233. The number of nitrogens with one attached hydrogen (secondary N) is 1. The van der Waals surface area contributed by atoms with E-state index < -0.39 is 0 Å². The Morgan fingerprint density at radius 3 is 2.62 bits per heavy atom. The van der Waals surface area contributed by atoms with E-state index in [0.29, 0.717) is 0 Å². The Labute approximate surface area is 126 Å². The zero-order chi connectivity index (χ0) is 15.1. The van der Waals surface area contributed by atoms with Gasteiger partial charge < -0.3 is 10.1 Å². The summed E-state index contributed by atoms with van der Waals surface area (Å²) < 4.78 is 18.7. The third-order valence-electron chi connectivity index (χ3n) is 3.59. The number of hydrogen-bond acceptors (Lipinski definition) is 2. The number of ether oxygens (including phenoxy) is 1. The minimum Gasteiger partial charge on any atom is -0.496 e. The number of methoxy groups -OCH3 is 1. The van der Waals surface area contributed by atoms with Crippen LogP contribution in [-0.2, 0) is 6.42 Å². The molecule has 0 fully saturated rings. The van der Waals surface area contributed by atoms with Crippen molar-refractivity contribution >= 4 is 0 Å². The standard InChI is InChI=1S/C18H22FNO/c1-14(17-13-16(19)10-11-18(17)21-2)20-12-6-9-15-7-4-3-5-8-15/h3-5,7-8,10-11,13-14,20H,6,9,12H2,1-2H3. The van der Waals surface area contributed by atoms with Crippen LogP contribution in [0.4, 0.5) is 4.39 Å². The third-order valence-corrected chi connectivity index (χ3v) is 3.59. The predicted octanol–water partition coefficient (Wildman–Crippen LogP) is 4.12. The largest absolute Gasteiger partial charge is 0.496 e. The van der Waals surface area contributed by atoms with Gasteiger partial charge in [0.05, 0.1) is 7.11 Å². The van der Waals surface area contributed by atoms with Gasteiger partial charge in [0.15, 0.2) is 0 Å². The van der Waals surface area contributed by atoms with Crippen LogP contribution in [-0.4, -0.2) is 13.7 Å². The molecule has 2 nitrogen and oxygen atoms in total. The van der Waals surface area contributed by atoms with Gasteiger partial charge in [0.1, 0.15) is 11.6 Å². The van der Waals surface area contributed by atoms with Crippen LogP contribution >= 0.6 is 0 Å². The fraction of sp³-hybridized carbons (Fsp3) is 0.333. The van der Waals surface area contributed by atoms with Crippen LogP contribution in [0, 0.1) is 5.82 Å². The highest BCUT2D eigenvalue weighted by Gasteiger charge is 2.11. The minimum absolute atomic E-state index is 0.0615. The average Bonchev–Trinajstić information content (AvgIpc) is 2.52. The van der Waals surface area contributed by atoms with E-state index in [4.69, 9.17) is 4.74 Å². The maximum Gasteiger partial charge on any atom is 0.123 e. The number of aryl methyl sites for hydroxylation is 1. The molecule has 2 aromatic rings. The molecular weight excluding hydrogens is 265 g/mol. The van der Waals surface area contributed by atoms with Crippen molar-refractivity contribution in [3.05, 3.63) is 65.5 Å². The molecule has 1 atom stereocenters. The van der Waals surface area contributed by atoms with Gasteiger partial charge in [-0.05, 0) is 50.1 Å². The van der Waals surface area contributed by atoms with Gasteiger partial charge in [-0.15, -0.1) is 0 Å². The van der Waals surface area contributed by atoms with Crippen molar-refractivity contribution in [2.45, 2.75) is 25.8 Å². The molecule has 0 saturated heterocycles. The molecule has 0 radical (unpaired) electrons. The molecule has 0 aliphatic carbocycles.